The minimum atomic E-state index is -1.21. The smallest absolute Gasteiger partial charge is 0.354 e. The third-order valence-electron chi connectivity index (χ3n) is 5.81. The monoisotopic (exact) mass is 436 g/mol. The van der Waals surface area contributed by atoms with Crippen LogP contribution >= 0.6 is 11.6 Å². The molecule has 8 heteroatoms. The first-order valence-electron chi connectivity index (χ1n) is 10.0. The van der Waals surface area contributed by atoms with E-state index in [1.807, 2.05) is 24.3 Å². The topological polar surface area (TPSA) is 108 Å². The first-order chi connectivity index (χ1) is 14.8. The zero-order valence-electron chi connectivity index (χ0n) is 17.1. The van der Waals surface area contributed by atoms with Gasteiger partial charge in [-0.05, 0) is 61.4 Å². The molecular weight excluding hydrogens is 416 g/mol. The number of anilines is 1. The molecule has 0 bridgehead atoms. The molecule has 2 heterocycles. The summed E-state index contributed by atoms with van der Waals surface area (Å²) in [6.07, 6.45) is 2.68. The van der Waals surface area contributed by atoms with Gasteiger partial charge in [-0.15, -0.1) is 0 Å². The van der Waals surface area contributed by atoms with Crippen LogP contribution in [0.15, 0.2) is 35.1 Å². The molecule has 0 amide bonds. The van der Waals surface area contributed by atoms with E-state index >= 15 is 0 Å². The van der Waals surface area contributed by atoms with Crippen molar-refractivity contribution in [3.8, 4) is 6.07 Å². The summed E-state index contributed by atoms with van der Waals surface area (Å²) in [4.78, 5) is 27.6. The van der Waals surface area contributed by atoms with E-state index in [1.54, 1.807) is 17.7 Å². The van der Waals surface area contributed by atoms with Crippen molar-refractivity contribution < 1.29 is 9.90 Å². The van der Waals surface area contributed by atoms with Gasteiger partial charge in [-0.1, -0.05) is 17.7 Å². The van der Waals surface area contributed by atoms with E-state index in [-0.39, 0.29) is 28.0 Å². The lowest BCUT2D eigenvalue weighted by molar-refractivity contribution is 0.0690. The number of aryl methyl sites for hydroxylation is 1. The molecule has 0 saturated heterocycles. The predicted octanol–water partition coefficient (Wildman–Crippen LogP) is 3.96. The summed E-state index contributed by atoms with van der Waals surface area (Å²) >= 11 is 6.05. The lowest BCUT2D eigenvalue weighted by Gasteiger charge is -2.18. The van der Waals surface area contributed by atoms with Gasteiger partial charge in [0, 0.05) is 30.2 Å². The fraction of sp³-hybridized carbons (Fsp3) is 0.304. The van der Waals surface area contributed by atoms with Crippen LogP contribution in [0.1, 0.15) is 46.9 Å². The van der Waals surface area contributed by atoms with E-state index in [0.717, 1.165) is 22.2 Å². The number of aromatic carboxylic acids is 1. The molecule has 0 spiro atoms. The Hall–Kier alpha value is -3.37. The average molecular weight is 437 g/mol. The van der Waals surface area contributed by atoms with Crippen LogP contribution in [0.5, 0.6) is 0 Å². The van der Waals surface area contributed by atoms with Gasteiger partial charge in [-0.25, -0.2) is 9.78 Å². The van der Waals surface area contributed by atoms with Crippen molar-refractivity contribution in [2.45, 2.75) is 32.2 Å². The molecule has 0 unspecified atom stereocenters. The van der Waals surface area contributed by atoms with Gasteiger partial charge in [0.1, 0.15) is 16.9 Å². The van der Waals surface area contributed by atoms with Gasteiger partial charge < -0.3 is 15.0 Å². The Bertz CT molecular complexity index is 1300. The van der Waals surface area contributed by atoms with Gasteiger partial charge in [-0.3, -0.25) is 4.79 Å². The SMILES string of the molecule is C[C@@H](Nc1cc(=O)n(C)c2ccc(Cc3cc(C(=O)O)nc(Cl)c3C#N)cc12)C1CC1. The highest BCUT2D eigenvalue weighted by atomic mass is 35.5. The molecule has 0 aliphatic heterocycles. The number of fused-ring (bicyclic) bond motifs is 1. The standard InChI is InChI=1S/C23H21ClN4O3/c1-12(14-4-5-14)26-18-10-21(29)28(2)20-6-3-13(8-16(18)20)7-15-9-19(23(30)31)27-22(24)17(15)11-25/h3,6,8-10,12,14,26H,4-5,7H2,1-2H3,(H,30,31)/t12-/m1/s1. The Morgan fingerprint density at radius 3 is 2.77 bits per heavy atom. The molecule has 1 atom stereocenters. The van der Waals surface area contributed by atoms with Crippen LogP contribution < -0.4 is 10.9 Å². The largest absolute Gasteiger partial charge is 0.477 e. The number of nitrogens with zero attached hydrogens (tertiary/aromatic N) is 3. The number of carbonyl (C=O) groups is 1. The number of halogens is 1. The number of benzene rings is 1. The van der Waals surface area contributed by atoms with Crippen molar-refractivity contribution >= 4 is 34.2 Å². The molecule has 1 saturated carbocycles. The first kappa shape index (κ1) is 20.9. The van der Waals surface area contributed by atoms with Crippen molar-refractivity contribution in [2.24, 2.45) is 13.0 Å². The highest BCUT2D eigenvalue weighted by Crippen LogP contribution is 2.35. The number of aromatic nitrogens is 2. The van der Waals surface area contributed by atoms with Crippen molar-refractivity contribution in [3.63, 3.8) is 0 Å². The normalized spacial score (nSPS) is 14.3. The molecule has 158 valence electrons. The van der Waals surface area contributed by atoms with Crippen molar-refractivity contribution in [3.05, 3.63) is 68.2 Å². The zero-order valence-corrected chi connectivity index (χ0v) is 17.9. The minimum absolute atomic E-state index is 0.0930. The molecule has 7 nitrogen and oxygen atoms in total. The van der Waals surface area contributed by atoms with Gasteiger partial charge in [0.2, 0.25) is 0 Å². The molecule has 1 fully saturated rings. The summed E-state index contributed by atoms with van der Waals surface area (Å²) in [7, 11) is 1.73. The van der Waals surface area contributed by atoms with Crippen LogP contribution in [0.3, 0.4) is 0 Å². The van der Waals surface area contributed by atoms with E-state index < -0.39 is 5.97 Å². The molecule has 0 radical (unpaired) electrons. The van der Waals surface area contributed by atoms with Crippen LogP contribution in [0.4, 0.5) is 5.69 Å². The Kier molecular flexibility index (Phi) is 5.42. The Balaban J connectivity index is 1.79. The quantitative estimate of drug-likeness (QED) is 0.566. The summed E-state index contributed by atoms with van der Waals surface area (Å²) in [5, 5.41) is 23.0. The molecule has 3 aromatic rings. The number of carboxylic acid groups (broad SMARTS) is 1. The first-order valence-corrected chi connectivity index (χ1v) is 10.4. The maximum atomic E-state index is 12.4. The van der Waals surface area contributed by atoms with Crippen LogP contribution in [0, 0.1) is 17.2 Å². The van der Waals surface area contributed by atoms with Crippen molar-refractivity contribution in [1.29, 1.82) is 5.26 Å². The van der Waals surface area contributed by atoms with Crippen molar-refractivity contribution in [1.82, 2.24) is 9.55 Å². The van der Waals surface area contributed by atoms with Gasteiger partial charge in [0.15, 0.2) is 0 Å². The lowest BCUT2D eigenvalue weighted by atomic mass is 9.99. The summed E-state index contributed by atoms with van der Waals surface area (Å²) in [5.74, 6) is -0.587. The molecule has 4 rings (SSSR count). The maximum Gasteiger partial charge on any atom is 0.354 e. The Morgan fingerprint density at radius 1 is 1.39 bits per heavy atom. The molecule has 1 aliphatic carbocycles. The number of carboxylic acids is 1. The number of hydrogen-bond acceptors (Lipinski definition) is 5. The second-order valence-corrected chi connectivity index (χ2v) is 8.36. The van der Waals surface area contributed by atoms with Gasteiger partial charge >= 0.3 is 5.97 Å². The van der Waals surface area contributed by atoms with E-state index in [4.69, 9.17) is 11.6 Å². The fourth-order valence-electron chi connectivity index (χ4n) is 3.85. The van der Waals surface area contributed by atoms with Crippen LogP contribution in [-0.4, -0.2) is 26.7 Å². The zero-order chi connectivity index (χ0) is 22.3. The second-order valence-electron chi connectivity index (χ2n) is 8.00. The molecule has 31 heavy (non-hydrogen) atoms. The van der Waals surface area contributed by atoms with Gasteiger partial charge in [-0.2, -0.15) is 5.26 Å². The summed E-state index contributed by atoms with van der Waals surface area (Å²) in [6, 6.07) is 11.0. The van der Waals surface area contributed by atoms with Gasteiger partial charge in [0.05, 0.1) is 11.1 Å². The third kappa shape index (κ3) is 4.12. The Labute approximate surface area is 183 Å². The highest BCUT2D eigenvalue weighted by molar-refractivity contribution is 6.30. The average Bonchev–Trinajstić information content (AvgIpc) is 3.57. The number of rotatable bonds is 6. The summed E-state index contributed by atoms with van der Waals surface area (Å²) < 4.78 is 1.60. The molecule has 2 aromatic heterocycles. The number of pyridine rings is 2. The van der Waals surface area contributed by atoms with E-state index in [9.17, 15) is 20.0 Å². The molecular formula is C23H21ClN4O3. The van der Waals surface area contributed by atoms with E-state index in [0.29, 0.717) is 17.9 Å². The second kappa shape index (κ2) is 8.05. The molecule has 1 aromatic carbocycles. The van der Waals surface area contributed by atoms with Crippen molar-refractivity contribution in [2.75, 3.05) is 5.32 Å². The Morgan fingerprint density at radius 2 is 2.13 bits per heavy atom. The molecule has 1 aliphatic rings. The number of nitriles is 1. The molecule has 2 N–H and O–H groups in total. The van der Waals surface area contributed by atoms with Crippen LogP contribution in [0.2, 0.25) is 5.15 Å². The van der Waals surface area contributed by atoms with E-state index in [2.05, 4.69) is 17.2 Å². The maximum absolute atomic E-state index is 12.4. The number of nitrogens with one attached hydrogen (secondary N) is 1. The van der Waals surface area contributed by atoms with Crippen LogP contribution in [-0.2, 0) is 13.5 Å². The van der Waals surface area contributed by atoms with Crippen LogP contribution in [0.25, 0.3) is 10.9 Å². The highest BCUT2D eigenvalue weighted by Gasteiger charge is 2.28. The van der Waals surface area contributed by atoms with E-state index in [1.165, 1.54) is 18.9 Å². The summed E-state index contributed by atoms with van der Waals surface area (Å²) in [5.41, 5.74) is 2.79. The minimum Gasteiger partial charge on any atom is -0.477 e. The predicted molar refractivity (Wildman–Crippen MR) is 119 cm³/mol. The van der Waals surface area contributed by atoms with Gasteiger partial charge in [0.25, 0.3) is 5.56 Å². The third-order valence-corrected chi connectivity index (χ3v) is 6.08. The fourth-order valence-corrected chi connectivity index (χ4v) is 4.10. The lowest BCUT2D eigenvalue weighted by Crippen LogP contribution is -2.22. The number of hydrogen-bond donors (Lipinski definition) is 2. The summed E-state index contributed by atoms with van der Waals surface area (Å²) in [6.45, 7) is 2.12.